The molecule has 0 saturated heterocycles. The number of aromatic nitrogens is 6. The minimum atomic E-state index is -4.66. The smallest absolute Gasteiger partial charge is 0.355 e. The highest BCUT2D eigenvalue weighted by atomic mass is 79.9. The third kappa shape index (κ3) is 5.64. The van der Waals surface area contributed by atoms with E-state index in [1.54, 1.807) is 31.2 Å². The van der Waals surface area contributed by atoms with E-state index in [1.165, 1.54) is 19.3 Å². The molecule has 0 radical (unpaired) electrons. The molecule has 10 nitrogen and oxygen atoms in total. The maximum Gasteiger partial charge on any atom is 0.436 e. The van der Waals surface area contributed by atoms with Crippen molar-refractivity contribution in [1.29, 1.82) is 0 Å². The number of pyridine rings is 1. The average molecular weight is 598 g/mol. The van der Waals surface area contributed by atoms with Crippen molar-refractivity contribution in [2.75, 3.05) is 12.4 Å². The lowest BCUT2D eigenvalue weighted by atomic mass is 10.1. The normalized spacial score (nSPS) is 11.4. The van der Waals surface area contributed by atoms with Crippen molar-refractivity contribution >= 4 is 45.0 Å². The van der Waals surface area contributed by atoms with Gasteiger partial charge in [0.15, 0.2) is 11.5 Å². The van der Waals surface area contributed by atoms with Gasteiger partial charge in [0, 0.05) is 17.7 Å². The molecule has 0 aliphatic heterocycles. The first-order valence-corrected chi connectivity index (χ1v) is 11.7. The van der Waals surface area contributed by atoms with Crippen molar-refractivity contribution in [3.63, 3.8) is 0 Å². The van der Waals surface area contributed by atoms with Gasteiger partial charge in [-0.2, -0.15) is 28.2 Å². The Hall–Kier alpha value is -3.78. The summed E-state index contributed by atoms with van der Waals surface area (Å²) in [5, 5.41) is 16.8. The van der Waals surface area contributed by atoms with Gasteiger partial charge in [0.05, 0.1) is 28.2 Å². The number of halogens is 5. The molecule has 0 fully saturated rings. The van der Waals surface area contributed by atoms with Crippen molar-refractivity contribution in [3.05, 3.63) is 80.4 Å². The summed E-state index contributed by atoms with van der Waals surface area (Å²) in [6.45, 7) is 1.45. The van der Waals surface area contributed by atoms with Gasteiger partial charge in [-0.15, -0.1) is 5.10 Å². The van der Waals surface area contributed by atoms with Crippen LogP contribution in [0.2, 0.25) is 5.02 Å². The molecule has 2 amide bonds. The van der Waals surface area contributed by atoms with Gasteiger partial charge in [-0.05, 0) is 42.8 Å². The Kier molecular flexibility index (Phi) is 7.32. The molecule has 0 unspecified atom stereocenters. The van der Waals surface area contributed by atoms with Crippen molar-refractivity contribution in [3.8, 4) is 5.82 Å². The summed E-state index contributed by atoms with van der Waals surface area (Å²) < 4.78 is 40.5. The first-order chi connectivity index (χ1) is 17.5. The van der Waals surface area contributed by atoms with Gasteiger partial charge in [-0.1, -0.05) is 27.5 Å². The molecule has 37 heavy (non-hydrogen) atoms. The Morgan fingerprint density at radius 1 is 1.16 bits per heavy atom. The highest BCUT2D eigenvalue weighted by Crippen LogP contribution is 2.28. The minimum absolute atomic E-state index is 0.0380. The lowest BCUT2D eigenvalue weighted by molar-refractivity contribution is -0.141. The number of carbonyl (C=O) groups excluding carboxylic acids is 2. The summed E-state index contributed by atoms with van der Waals surface area (Å²) in [7, 11) is 1.46. The number of rotatable bonds is 6. The van der Waals surface area contributed by atoms with Crippen LogP contribution in [0.5, 0.6) is 0 Å². The van der Waals surface area contributed by atoms with Crippen molar-refractivity contribution in [2.45, 2.75) is 19.6 Å². The SMILES string of the molecule is CNC(=O)c1cc(Br)cc(C)c1NC(=O)c1cc(Cn2ncc(C(F)(F)F)n2)nn1-c1ncccc1Cl. The van der Waals surface area contributed by atoms with Crippen LogP contribution in [0.3, 0.4) is 0 Å². The predicted octanol–water partition coefficient (Wildman–Crippen LogP) is 4.26. The van der Waals surface area contributed by atoms with E-state index in [4.69, 9.17) is 11.6 Å². The molecule has 4 aromatic rings. The van der Waals surface area contributed by atoms with Gasteiger partial charge in [0.25, 0.3) is 11.8 Å². The van der Waals surface area contributed by atoms with E-state index < -0.39 is 23.7 Å². The molecule has 0 saturated carbocycles. The fraction of sp³-hybridized carbons (Fsp3) is 0.182. The number of amides is 2. The largest absolute Gasteiger partial charge is 0.436 e. The fourth-order valence-electron chi connectivity index (χ4n) is 3.41. The van der Waals surface area contributed by atoms with Gasteiger partial charge in [0.1, 0.15) is 12.2 Å². The summed E-state index contributed by atoms with van der Waals surface area (Å²) in [6.07, 6.45) is -2.62. The first-order valence-electron chi connectivity index (χ1n) is 10.5. The van der Waals surface area contributed by atoms with Crippen molar-refractivity contribution in [2.24, 2.45) is 0 Å². The number of anilines is 1. The second kappa shape index (κ2) is 10.3. The molecule has 0 atom stereocenters. The molecule has 4 rings (SSSR count). The second-order valence-electron chi connectivity index (χ2n) is 7.68. The maximum atomic E-state index is 13.4. The van der Waals surface area contributed by atoms with Crippen LogP contribution in [0.1, 0.15) is 37.8 Å². The Morgan fingerprint density at radius 2 is 1.92 bits per heavy atom. The van der Waals surface area contributed by atoms with Crippen molar-refractivity contribution in [1.82, 2.24) is 35.1 Å². The zero-order chi connectivity index (χ0) is 26.9. The van der Waals surface area contributed by atoms with E-state index in [0.29, 0.717) is 16.2 Å². The zero-order valence-corrected chi connectivity index (χ0v) is 21.5. The number of nitrogens with one attached hydrogen (secondary N) is 2. The number of carbonyl (C=O) groups is 2. The highest BCUT2D eigenvalue weighted by molar-refractivity contribution is 9.10. The Balaban J connectivity index is 1.75. The van der Waals surface area contributed by atoms with Crippen molar-refractivity contribution < 1.29 is 22.8 Å². The number of hydrogen-bond acceptors (Lipinski definition) is 6. The molecule has 0 aliphatic carbocycles. The molecule has 192 valence electrons. The second-order valence-corrected chi connectivity index (χ2v) is 9.00. The summed E-state index contributed by atoms with van der Waals surface area (Å²) in [6, 6.07) is 7.76. The van der Waals surface area contributed by atoms with Crippen LogP contribution < -0.4 is 10.6 Å². The van der Waals surface area contributed by atoms with Gasteiger partial charge >= 0.3 is 6.18 Å². The number of hydrogen-bond donors (Lipinski definition) is 2. The molecule has 0 spiro atoms. The van der Waals surface area contributed by atoms with E-state index in [9.17, 15) is 22.8 Å². The standard InChI is InChI=1S/C22H17BrClF3N8O2/c1-11-6-12(23)7-14(20(36)28-2)18(11)31-21(37)16-8-13(10-34-30-9-17(33-34)22(25,26)27)32-35(16)19-15(24)4-3-5-29-19/h3-9H,10H2,1-2H3,(H,28,36)(H,31,37). The lowest BCUT2D eigenvalue weighted by Gasteiger charge is -2.14. The van der Waals surface area contributed by atoms with Crippen LogP contribution in [0.4, 0.5) is 18.9 Å². The van der Waals surface area contributed by atoms with Crippen LogP contribution in [0, 0.1) is 6.92 Å². The Bertz CT molecular complexity index is 1500. The van der Waals surface area contributed by atoms with Gasteiger partial charge in [-0.3, -0.25) is 9.59 Å². The van der Waals surface area contributed by atoms with Crippen LogP contribution in [0.15, 0.2) is 47.2 Å². The monoisotopic (exact) mass is 596 g/mol. The van der Waals surface area contributed by atoms with E-state index in [-0.39, 0.29) is 40.0 Å². The maximum absolute atomic E-state index is 13.4. The molecular formula is C22H17BrClF3N8O2. The van der Waals surface area contributed by atoms with Crippen LogP contribution >= 0.6 is 27.5 Å². The number of aryl methyl sites for hydroxylation is 1. The molecule has 1 aromatic carbocycles. The predicted molar refractivity (Wildman–Crippen MR) is 131 cm³/mol. The van der Waals surface area contributed by atoms with Crippen LogP contribution in [-0.4, -0.2) is 48.6 Å². The zero-order valence-electron chi connectivity index (χ0n) is 19.1. The molecule has 3 heterocycles. The molecule has 0 aliphatic rings. The third-order valence-electron chi connectivity index (χ3n) is 5.07. The first kappa shape index (κ1) is 26.3. The molecular weight excluding hydrogens is 581 g/mol. The molecule has 0 bridgehead atoms. The summed E-state index contributed by atoms with van der Waals surface area (Å²) >= 11 is 9.62. The highest BCUT2D eigenvalue weighted by Gasteiger charge is 2.34. The van der Waals surface area contributed by atoms with E-state index >= 15 is 0 Å². The average Bonchev–Trinajstić information content (AvgIpc) is 3.48. The lowest BCUT2D eigenvalue weighted by Crippen LogP contribution is -2.23. The van der Waals surface area contributed by atoms with E-state index in [1.807, 2.05) is 0 Å². The topological polar surface area (TPSA) is 120 Å². The van der Waals surface area contributed by atoms with Gasteiger partial charge < -0.3 is 10.6 Å². The minimum Gasteiger partial charge on any atom is -0.355 e. The van der Waals surface area contributed by atoms with E-state index in [0.717, 1.165) is 9.48 Å². The Morgan fingerprint density at radius 3 is 2.57 bits per heavy atom. The van der Waals surface area contributed by atoms with Crippen LogP contribution in [-0.2, 0) is 12.7 Å². The fourth-order valence-corrected chi connectivity index (χ4v) is 4.19. The number of alkyl halides is 3. The number of benzene rings is 1. The molecule has 3 aromatic heterocycles. The molecule has 15 heteroatoms. The quantitative estimate of drug-likeness (QED) is 0.343. The van der Waals surface area contributed by atoms with Gasteiger partial charge in [0.2, 0.25) is 0 Å². The molecule has 2 N–H and O–H groups in total. The van der Waals surface area contributed by atoms with E-state index in [2.05, 4.69) is 46.8 Å². The summed E-state index contributed by atoms with van der Waals surface area (Å²) in [4.78, 5) is 30.9. The summed E-state index contributed by atoms with van der Waals surface area (Å²) in [5.41, 5.74) is 0.0380. The third-order valence-corrected chi connectivity index (χ3v) is 5.83. The Labute approximate surface area is 221 Å². The summed E-state index contributed by atoms with van der Waals surface area (Å²) in [5.74, 6) is -0.976. The van der Waals surface area contributed by atoms with Crippen LogP contribution in [0.25, 0.3) is 5.82 Å². The number of nitrogens with zero attached hydrogens (tertiary/aromatic N) is 6. The van der Waals surface area contributed by atoms with Gasteiger partial charge in [-0.25, -0.2) is 9.67 Å².